The number of carboxylic acid groups (broad SMARTS) is 1. The van der Waals surface area contributed by atoms with Crippen LogP contribution in [-0.2, 0) is 0 Å². The molecule has 0 amide bonds. The molecule has 0 atom stereocenters. The van der Waals surface area contributed by atoms with E-state index in [1.54, 1.807) is 0 Å². The van der Waals surface area contributed by atoms with Crippen molar-refractivity contribution in [3.8, 4) is 5.75 Å². The Morgan fingerprint density at radius 2 is 1.91 bits per heavy atom. The molecule has 0 saturated heterocycles. The SMILES string of the molecule is O=C(O)c1ccccc1[O-].[Mg+2]. The molecule has 0 spiro atoms. The van der Waals surface area contributed by atoms with E-state index in [2.05, 4.69) is 0 Å². The largest absolute Gasteiger partial charge is 2.00 e. The molecule has 0 bridgehead atoms. The standard InChI is InChI=1S/C7H6O3.Mg/c8-6-4-2-1-3-5(6)7(9)10;/h1-4,8H,(H,9,10);/q;+2/p-1. The van der Waals surface area contributed by atoms with E-state index in [1.807, 2.05) is 0 Å². The number of carbonyl (C=O) groups is 1. The molecule has 0 aliphatic carbocycles. The summed E-state index contributed by atoms with van der Waals surface area (Å²) in [7, 11) is 0. The number of benzene rings is 1. The van der Waals surface area contributed by atoms with Gasteiger partial charge in [-0.25, -0.2) is 4.79 Å². The van der Waals surface area contributed by atoms with Gasteiger partial charge >= 0.3 is 29.0 Å². The van der Waals surface area contributed by atoms with Gasteiger partial charge in [-0.3, -0.25) is 0 Å². The molecule has 0 aliphatic rings. The normalized spacial score (nSPS) is 8.36. The van der Waals surface area contributed by atoms with Crippen LogP contribution < -0.4 is 5.11 Å². The summed E-state index contributed by atoms with van der Waals surface area (Å²) in [6.07, 6.45) is 0. The van der Waals surface area contributed by atoms with E-state index in [0.29, 0.717) is 0 Å². The molecule has 1 aromatic rings. The van der Waals surface area contributed by atoms with Gasteiger partial charge in [0, 0.05) is 0 Å². The molecule has 0 fully saturated rings. The fourth-order valence-electron chi connectivity index (χ4n) is 0.643. The van der Waals surface area contributed by atoms with Gasteiger partial charge in [0.2, 0.25) is 0 Å². The third-order valence-corrected chi connectivity index (χ3v) is 1.12. The Kier molecular flexibility index (Phi) is 3.92. The Morgan fingerprint density at radius 1 is 1.36 bits per heavy atom. The quantitative estimate of drug-likeness (QED) is 0.593. The Morgan fingerprint density at radius 3 is 2.27 bits per heavy atom. The van der Waals surface area contributed by atoms with E-state index in [4.69, 9.17) is 5.11 Å². The maximum Gasteiger partial charge on any atom is 2.00 e. The summed E-state index contributed by atoms with van der Waals surface area (Å²) in [6, 6.07) is 5.54. The molecule has 11 heavy (non-hydrogen) atoms. The van der Waals surface area contributed by atoms with E-state index in [0.717, 1.165) is 0 Å². The predicted molar refractivity (Wildman–Crippen MR) is 38.6 cm³/mol. The van der Waals surface area contributed by atoms with Crippen molar-refractivity contribution < 1.29 is 15.0 Å². The monoisotopic (exact) mass is 161 g/mol. The summed E-state index contributed by atoms with van der Waals surface area (Å²) >= 11 is 0. The second kappa shape index (κ2) is 4.20. The summed E-state index contributed by atoms with van der Waals surface area (Å²) in [4.78, 5) is 10.2. The minimum absolute atomic E-state index is 0. The molecule has 0 heterocycles. The maximum atomic E-state index is 10.7. The van der Waals surface area contributed by atoms with Crippen LogP contribution in [0.5, 0.6) is 5.75 Å². The van der Waals surface area contributed by atoms with Crippen molar-refractivity contribution in [2.24, 2.45) is 0 Å². The van der Waals surface area contributed by atoms with E-state index < -0.39 is 11.7 Å². The third kappa shape index (κ3) is 2.40. The van der Waals surface area contributed by atoms with E-state index in [1.165, 1.54) is 24.3 Å². The number of hydrogen-bond donors (Lipinski definition) is 1. The van der Waals surface area contributed by atoms with Crippen LogP contribution in [0.25, 0.3) is 0 Å². The second-order valence-corrected chi connectivity index (χ2v) is 1.80. The first kappa shape index (κ1) is 10.3. The number of carboxylic acids is 1. The van der Waals surface area contributed by atoms with Gasteiger partial charge in [-0.05, 0) is 6.07 Å². The predicted octanol–water partition coefficient (Wildman–Crippen LogP) is 0.0776. The Balaban J connectivity index is 0.000001000. The van der Waals surface area contributed by atoms with Crippen LogP contribution >= 0.6 is 0 Å². The molecule has 0 unspecified atom stereocenters. The van der Waals surface area contributed by atoms with Gasteiger partial charge in [0.05, 0.1) is 5.56 Å². The minimum atomic E-state index is -1.18. The molecule has 0 radical (unpaired) electrons. The zero-order valence-electron chi connectivity index (χ0n) is 5.78. The van der Waals surface area contributed by atoms with Crippen LogP contribution in [-0.4, -0.2) is 34.1 Å². The Bertz CT molecular complexity index is 260. The number of para-hydroxylation sites is 1. The first-order valence-corrected chi connectivity index (χ1v) is 2.71. The average Bonchev–Trinajstić information content (AvgIpc) is 1.88. The molecule has 0 saturated carbocycles. The number of aromatic carboxylic acids is 1. The van der Waals surface area contributed by atoms with Gasteiger partial charge in [0.1, 0.15) is 0 Å². The van der Waals surface area contributed by atoms with Crippen LogP contribution in [0.2, 0.25) is 0 Å². The van der Waals surface area contributed by atoms with E-state index in [9.17, 15) is 9.90 Å². The summed E-state index contributed by atoms with van der Waals surface area (Å²) in [5, 5.41) is 19.0. The van der Waals surface area contributed by atoms with Gasteiger partial charge in [-0.1, -0.05) is 23.9 Å². The van der Waals surface area contributed by atoms with Gasteiger partial charge < -0.3 is 10.2 Å². The fraction of sp³-hybridized carbons (Fsp3) is 0. The molecular formula is C7H5MgO3+. The molecule has 52 valence electrons. The molecule has 3 nitrogen and oxygen atoms in total. The van der Waals surface area contributed by atoms with Crippen LogP contribution in [0.1, 0.15) is 10.4 Å². The van der Waals surface area contributed by atoms with Crippen molar-refractivity contribution >= 4 is 29.0 Å². The van der Waals surface area contributed by atoms with Crippen molar-refractivity contribution in [2.45, 2.75) is 0 Å². The van der Waals surface area contributed by atoms with Crippen molar-refractivity contribution in [1.29, 1.82) is 0 Å². The van der Waals surface area contributed by atoms with Crippen LogP contribution in [0, 0.1) is 0 Å². The molecule has 0 aliphatic heterocycles. The Hall–Kier alpha value is -0.744. The third-order valence-electron chi connectivity index (χ3n) is 1.12. The van der Waals surface area contributed by atoms with E-state index >= 15 is 0 Å². The topological polar surface area (TPSA) is 60.4 Å². The van der Waals surface area contributed by atoms with Crippen LogP contribution in [0.3, 0.4) is 0 Å². The zero-order chi connectivity index (χ0) is 7.56. The van der Waals surface area contributed by atoms with Gasteiger partial charge in [0.25, 0.3) is 0 Å². The minimum Gasteiger partial charge on any atom is -0.872 e. The zero-order valence-corrected chi connectivity index (χ0v) is 7.19. The fourth-order valence-corrected chi connectivity index (χ4v) is 0.643. The van der Waals surface area contributed by atoms with Gasteiger partial charge in [-0.2, -0.15) is 0 Å². The van der Waals surface area contributed by atoms with Crippen molar-refractivity contribution in [3.05, 3.63) is 29.8 Å². The Labute approximate surface area is 79.8 Å². The van der Waals surface area contributed by atoms with Crippen molar-refractivity contribution in [2.75, 3.05) is 0 Å². The molecule has 1 aromatic carbocycles. The molecular weight excluding hydrogens is 156 g/mol. The van der Waals surface area contributed by atoms with Gasteiger partial charge in [-0.15, -0.1) is 0 Å². The van der Waals surface area contributed by atoms with Crippen molar-refractivity contribution in [1.82, 2.24) is 0 Å². The summed E-state index contributed by atoms with van der Waals surface area (Å²) in [5.41, 5.74) is -0.178. The number of hydrogen-bond acceptors (Lipinski definition) is 2. The maximum absolute atomic E-state index is 10.7. The summed E-state index contributed by atoms with van der Waals surface area (Å²) in [6.45, 7) is 0. The number of rotatable bonds is 1. The molecule has 0 aromatic heterocycles. The van der Waals surface area contributed by atoms with Crippen LogP contribution in [0.15, 0.2) is 24.3 Å². The first-order valence-electron chi connectivity index (χ1n) is 2.71. The molecule has 1 N–H and O–H groups in total. The second-order valence-electron chi connectivity index (χ2n) is 1.80. The summed E-state index contributed by atoms with van der Waals surface area (Å²) in [5.74, 6) is -1.62. The first-order chi connectivity index (χ1) is 4.72. The summed E-state index contributed by atoms with van der Waals surface area (Å²) < 4.78 is 0. The van der Waals surface area contributed by atoms with Gasteiger partial charge in [0.15, 0.2) is 0 Å². The van der Waals surface area contributed by atoms with Crippen molar-refractivity contribution in [3.63, 3.8) is 0 Å². The molecule has 1 rings (SSSR count). The smallest absolute Gasteiger partial charge is 0.872 e. The van der Waals surface area contributed by atoms with E-state index in [-0.39, 0.29) is 28.6 Å². The molecule has 4 heteroatoms. The van der Waals surface area contributed by atoms with Crippen LogP contribution in [0.4, 0.5) is 0 Å². The average molecular weight is 161 g/mol.